The van der Waals surface area contributed by atoms with Crippen LogP contribution in [-0.4, -0.2) is 33.4 Å². The van der Waals surface area contributed by atoms with Gasteiger partial charge >= 0.3 is 5.97 Å². The third-order valence-corrected chi connectivity index (χ3v) is 8.21. The van der Waals surface area contributed by atoms with Gasteiger partial charge in [0, 0.05) is 16.6 Å². The second kappa shape index (κ2) is 9.42. The summed E-state index contributed by atoms with van der Waals surface area (Å²) >= 11 is 1.45. The van der Waals surface area contributed by atoms with E-state index in [1.165, 1.54) is 11.8 Å². The summed E-state index contributed by atoms with van der Waals surface area (Å²) in [6.07, 6.45) is 0.258. The van der Waals surface area contributed by atoms with Gasteiger partial charge in [0.1, 0.15) is 0 Å². The molecule has 3 rings (SSSR count). The van der Waals surface area contributed by atoms with Crippen molar-refractivity contribution in [1.29, 1.82) is 0 Å². The van der Waals surface area contributed by atoms with Crippen LogP contribution in [0.1, 0.15) is 12.0 Å². The maximum Gasteiger partial charge on any atom is 0.336 e. The molecule has 3 aromatic carbocycles. The standard InChI is InChI=1S/C22H23O4PS/c23-21(24)22(25,14-13-17-7-2-1-3-8-17)15-27(26)16-28-20-12-6-10-18-9-4-5-11-19(18)20/h1-12,25,27H,13-16H2,(H,23,24). The molecule has 0 aliphatic carbocycles. The van der Waals surface area contributed by atoms with Crippen molar-refractivity contribution in [2.45, 2.75) is 23.3 Å². The number of rotatable bonds is 9. The molecule has 0 aromatic heterocycles. The Hall–Kier alpha value is -2.07. The average Bonchev–Trinajstić information content (AvgIpc) is 2.71. The third-order valence-electron chi connectivity index (χ3n) is 4.70. The van der Waals surface area contributed by atoms with Crippen molar-refractivity contribution >= 4 is 36.3 Å². The van der Waals surface area contributed by atoms with Crippen LogP contribution in [0.15, 0.2) is 77.7 Å². The van der Waals surface area contributed by atoms with E-state index in [0.717, 1.165) is 21.2 Å². The Bertz CT molecular complexity index is 971. The molecule has 0 heterocycles. The largest absolute Gasteiger partial charge is 0.479 e. The van der Waals surface area contributed by atoms with Crippen molar-refractivity contribution in [1.82, 2.24) is 0 Å². The number of fused-ring (bicyclic) bond motifs is 1. The zero-order valence-corrected chi connectivity index (χ0v) is 17.2. The van der Waals surface area contributed by atoms with E-state index >= 15 is 0 Å². The topological polar surface area (TPSA) is 74.6 Å². The number of hydrogen-bond donors (Lipinski definition) is 2. The summed E-state index contributed by atoms with van der Waals surface area (Å²) in [7, 11) is -2.28. The summed E-state index contributed by atoms with van der Waals surface area (Å²) in [5.74, 6) is -1.31. The second-order valence-electron chi connectivity index (χ2n) is 6.80. The lowest BCUT2D eigenvalue weighted by Crippen LogP contribution is -2.41. The van der Waals surface area contributed by atoms with Crippen LogP contribution in [0.25, 0.3) is 10.8 Å². The molecular formula is C22H23O4PS. The van der Waals surface area contributed by atoms with Crippen molar-refractivity contribution < 1.29 is 19.6 Å². The molecule has 0 aliphatic rings. The number of carboxylic acids is 1. The van der Waals surface area contributed by atoms with E-state index in [0.29, 0.717) is 11.9 Å². The van der Waals surface area contributed by atoms with E-state index in [1.807, 2.05) is 72.8 Å². The Morgan fingerprint density at radius 2 is 1.64 bits per heavy atom. The Labute approximate surface area is 169 Å². The predicted molar refractivity (Wildman–Crippen MR) is 116 cm³/mol. The quantitative estimate of drug-likeness (QED) is 0.385. The van der Waals surface area contributed by atoms with Crippen LogP contribution in [-0.2, 0) is 15.8 Å². The Kier molecular flexibility index (Phi) is 6.95. The van der Waals surface area contributed by atoms with Crippen LogP contribution in [0.3, 0.4) is 0 Å². The molecule has 4 nitrogen and oxygen atoms in total. The molecule has 0 radical (unpaired) electrons. The molecule has 0 aliphatic heterocycles. The summed E-state index contributed by atoms with van der Waals surface area (Å²) in [5, 5.41) is 22.3. The highest BCUT2D eigenvalue weighted by atomic mass is 32.2. The fourth-order valence-electron chi connectivity index (χ4n) is 3.12. The number of thioether (sulfide) groups is 1. The minimum Gasteiger partial charge on any atom is -0.479 e. The van der Waals surface area contributed by atoms with Crippen molar-refractivity contribution in [3.8, 4) is 0 Å². The SMILES string of the molecule is O=C(O)C(O)(CCc1ccccc1)C[PH](=O)CSc1cccc2ccccc12. The monoisotopic (exact) mass is 414 g/mol. The molecule has 2 atom stereocenters. The normalized spacial score (nSPS) is 14.5. The zero-order valence-electron chi connectivity index (χ0n) is 15.4. The molecule has 0 bridgehead atoms. The van der Waals surface area contributed by atoms with Gasteiger partial charge in [-0.05, 0) is 35.2 Å². The van der Waals surface area contributed by atoms with E-state index in [-0.39, 0.29) is 12.6 Å². The van der Waals surface area contributed by atoms with Gasteiger partial charge in [-0.2, -0.15) is 0 Å². The summed E-state index contributed by atoms with van der Waals surface area (Å²) < 4.78 is 12.6. The maximum atomic E-state index is 12.6. The van der Waals surface area contributed by atoms with Gasteiger partial charge in [0.25, 0.3) is 0 Å². The first-order valence-corrected chi connectivity index (χ1v) is 11.9. The van der Waals surface area contributed by atoms with Crippen molar-refractivity contribution in [2.75, 3.05) is 11.7 Å². The minimum absolute atomic E-state index is 0.0433. The molecule has 146 valence electrons. The minimum atomic E-state index is -2.28. The van der Waals surface area contributed by atoms with Gasteiger partial charge < -0.3 is 14.8 Å². The molecule has 2 unspecified atom stereocenters. The summed E-state index contributed by atoms with van der Waals surface area (Å²) in [5.41, 5.74) is -0.711. The number of aryl methyl sites for hydroxylation is 1. The first kappa shape index (κ1) is 20.7. The molecule has 28 heavy (non-hydrogen) atoms. The summed E-state index contributed by atoms with van der Waals surface area (Å²) in [6, 6.07) is 23.3. The van der Waals surface area contributed by atoms with Gasteiger partial charge in [0.2, 0.25) is 0 Å². The first-order valence-electron chi connectivity index (χ1n) is 9.10. The van der Waals surface area contributed by atoms with E-state index in [2.05, 4.69) is 0 Å². The van der Waals surface area contributed by atoms with E-state index < -0.39 is 19.4 Å². The summed E-state index contributed by atoms with van der Waals surface area (Å²) in [4.78, 5) is 12.7. The number of aliphatic carboxylic acids is 1. The maximum absolute atomic E-state index is 12.6. The summed E-state index contributed by atoms with van der Waals surface area (Å²) in [6.45, 7) is 0. The number of hydrogen-bond acceptors (Lipinski definition) is 4. The van der Waals surface area contributed by atoms with E-state index in [1.54, 1.807) is 0 Å². The lowest BCUT2D eigenvalue weighted by Gasteiger charge is -2.23. The van der Waals surface area contributed by atoms with Crippen molar-refractivity contribution in [3.63, 3.8) is 0 Å². The molecule has 0 amide bonds. The van der Waals surface area contributed by atoms with Gasteiger partial charge in [-0.15, -0.1) is 11.8 Å². The van der Waals surface area contributed by atoms with Crippen LogP contribution >= 0.6 is 19.6 Å². The van der Waals surface area contributed by atoms with Gasteiger partial charge in [-0.1, -0.05) is 66.7 Å². The van der Waals surface area contributed by atoms with Crippen LogP contribution in [0.5, 0.6) is 0 Å². The molecule has 0 saturated carbocycles. The van der Waals surface area contributed by atoms with E-state index in [9.17, 15) is 19.6 Å². The van der Waals surface area contributed by atoms with E-state index in [4.69, 9.17) is 0 Å². The lowest BCUT2D eigenvalue weighted by atomic mass is 9.97. The smallest absolute Gasteiger partial charge is 0.336 e. The molecule has 0 saturated heterocycles. The van der Waals surface area contributed by atoms with Gasteiger partial charge in [0.05, 0.1) is 7.80 Å². The lowest BCUT2D eigenvalue weighted by molar-refractivity contribution is -0.156. The number of carbonyl (C=O) groups is 1. The number of benzene rings is 3. The van der Waals surface area contributed by atoms with Crippen molar-refractivity contribution in [3.05, 3.63) is 78.4 Å². The Morgan fingerprint density at radius 3 is 2.39 bits per heavy atom. The second-order valence-corrected chi connectivity index (χ2v) is 10.1. The van der Waals surface area contributed by atoms with Crippen LogP contribution < -0.4 is 0 Å². The fourth-order valence-corrected chi connectivity index (χ4v) is 6.29. The molecule has 0 spiro atoms. The highest BCUT2D eigenvalue weighted by Crippen LogP contribution is 2.38. The van der Waals surface area contributed by atoms with Crippen molar-refractivity contribution in [2.24, 2.45) is 0 Å². The molecule has 3 aromatic rings. The van der Waals surface area contributed by atoms with Crippen LogP contribution in [0, 0.1) is 0 Å². The highest BCUT2D eigenvalue weighted by Gasteiger charge is 2.37. The predicted octanol–water partition coefficient (Wildman–Crippen LogP) is 4.90. The highest BCUT2D eigenvalue weighted by molar-refractivity contribution is 8.04. The fraction of sp³-hybridized carbons (Fsp3) is 0.227. The average molecular weight is 414 g/mol. The number of aliphatic hydroxyl groups is 1. The van der Waals surface area contributed by atoms with Crippen LogP contribution in [0.4, 0.5) is 0 Å². The Balaban J connectivity index is 1.63. The third kappa shape index (κ3) is 5.26. The molecule has 0 fully saturated rings. The molecule has 6 heteroatoms. The van der Waals surface area contributed by atoms with Gasteiger partial charge in [-0.25, -0.2) is 4.79 Å². The number of carboxylic acid groups (broad SMARTS) is 1. The van der Waals surface area contributed by atoms with Crippen LogP contribution in [0.2, 0.25) is 0 Å². The first-order chi connectivity index (χ1) is 13.5. The molecular weight excluding hydrogens is 391 g/mol. The van der Waals surface area contributed by atoms with Gasteiger partial charge in [0.15, 0.2) is 5.60 Å². The Morgan fingerprint density at radius 1 is 0.964 bits per heavy atom. The van der Waals surface area contributed by atoms with Gasteiger partial charge in [-0.3, -0.25) is 0 Å². The molecule has 2 N–H and O–H groups in total. The zero-order chi connectivity index (χ0) is 20.0.